The number of rotatable bonds is 2. The number of amides is 1. The second kappa shape index (κ2) is 4.37. The van der Waals surface area contributed by atoms with Crippen LogP contribution >= 0.6 is 23.2 Å². The van der Waals surface area contributed by atoms with Crippen molar-refractivity contribution in [2.45, 2.75) is 11.8 Å². The van der Waals surface area contributed by atoms with Gasteiger partial charge in [0.1, 0.15) is 0 Å². The molecule has 0 saturated carbocycles. The summed E-state index contributed by atoms with van der Waals surface area (Å²) in [7, 11) is 1.45. The molecular formula is C12H10Cl2N2O2. The van der Waals surface area contributed by atoms with E-state index >= 15 is 0 Å². The summed E-state index contributed by atoms with van der Waals surface area (Å²) >= 11 is 12.1. The lowest BCUT2D eigenvalue weighted by Gasteiger charge is -2.19. The molecule has 0 radical (unpaired) electrons. The zero-order valence-corrected chi connectivity index (χ0v) is 11.3. The summed E-state index contributed by atoms with van der Waals surface area (Å²) in [4.78, 5) is 22.6. The van der Waals surface area contributed by atoms with Crippen LogP contribution in [-0.4, -0.2) is 34.3 Å². The van der Waals surface area contributed by atoms with Crippen LogP contribution in [0.25, 0.3) is 0 Å². The first-order valence-corrected chi connectivity index (χ1v) is 5.96. The minimum atomic E-state index is -1.78. The van der Waals surface area contributed by atoms with E-state index in [4.69, 9.17) is 23.2 Å². The highest BCUT2D eigenvalue weighted by atomic mass is 35.5. The van der Waals surface area contributed by atoms with Gasteiger partial charge in [-0.05, 0) is 19.1 Å². The lowest BCUT2D eigenvalue weighted by Crippen LogP contribution is -2.47. The van der Waals surface area contributed by atoms with Crippen LogP contribution in [0.5, 0.6) is 0 Å². The molecular weight excluding hydrogens is 275 g/mol. The fourth-order valence-electron chi connectivity index (χ4n) is 1.81. The minimum Gasteiger partial charge on any atom is -0.291 e. The van der Waals surface area contributed by atoms with Crippen molar-refractivity contribution in [1.82, 2.24) is 5.01 Å². The maximum absolute atomic E-state index is 12.4. The van der Waals surface area contributed by atoms with Crippen LogP contribution in [0.4, 0.5) is 0 Å². The molecule has 4 nitrogen and oxygen atoms in total. The van der Waals surface area contributed by atoms with E-state index in [9.17, 15) is 9.59 Å². The highest BCUT2D eigenvalue weighted by Crippen LogP contribution is 2.32. The van der Waals surface area contributed by atoms with Crippen LogP contribution < -0.4 is 0 Å². The molecule has 0 aromatic heterocycles. The first-order chi connectivity index (χ1) is 8.39. The van der Waals surface area contributed by atoms with Crippen LogP contribution in [0.15, 0.2) is 29.4 Å². The molecule has 1 heterocycles. The van der Waals surface area contributed by atoms with E-state index in [2.05, 4.69) is 5.10 Å². The lowest BCUT2D eigenvalue weighted by molar-refractivity contribution is -0.128. The van der Waals surface area contributed by atoms with Gasteiger partial charge in [0, 0.05) is 12.6 Å². The second-order valence-corrected chi connectivity index (χ2v) is 4.96. The number of hydrogen-bond donors (Lipinski definition) is 0. The van der Waals surface area contributed by atoms with E-state index in [-0.39, 0.29) is 16.3 Å². The molecule has 0 fully saturated rings. The Hall–Kier alpha value is -1.39. The summed E-state index contributed by atoms with van der Waals surface area (Å²) in [5, 5.41) is 5.23. The van der Waals surface area contributed by atoms with Crippen LogP contribution in [0, 0.1) is 0 Å². The van der Waals surface area contributed by atoms with Gasteiger partial charge in [-0.15, -0.1) is 0 Å². The van der Waals surface area contributed by atoms with Crippen molar-refractivity contribution < 1.29 is 9.59 Å². The molecule has 0 N–H and O–H groups in total. The molecule has 1 aromatic carbocycles. The predicted molar refractivity (Wildman–Crippen MR) is 70.2 cm³/mol. The third-order valence-corrected chi connectivity index (χ3v) is 3.75. The van der Waals surface area contributed by atoms with E-state index in [1.54, 1.807) is 25.1 Å². The Morgan fingerprint density at radius 1 is 1.39 bits per heavy atom. The van der Waals surface area contributed by atoms with Crippen LogP contribution in [0.2, 0.25) is 5.02 Å². The largest absolute Gasteiger partial charge is 0.291 e. The summed E-state index contributed by atoms with van der Waals surface area (Å²) in [5.74, 6) is -1.11. The van der Waals surface area contributed by atoms with Gasteiger partial charge in [-0.2, -0.15) is 5.10 Å². The van der Waals surface area contributed by atoms with Crippen molar-refractivity contribution in [3.8, 4) is 0 Å². The van der Waals surface area contributed by atoms with Crippen molar-refractivity contribution in [3.63, 3.8) is 0 Å². The summed E-state index contributed by atoms with van der Waals surface area (Å²) in [6.07, 6.45) is 0. The number of nitrogens with zero attached hydrogens (tertiary/aromatic N) is 2. The van der Waals surface area contributed by atoms with Gasteiger partial charge in [-0.1, -0.05) is 35.3 Å². The maximum atomic E-state index is 12.4. The second-order valence-electron chi connectivity index (χ2n) is 3.98. The Morgan fingerprint density at radius 3 is 2.50 bits per heavy atom. The van der Waals surface area contributed by atoms with Gasteiger partial charge in [0.25, 0.3) is 5.91 Å². The number of benzene rings is 1. The first-order valence-electron chi connectivity index (χ1n) is 5.21. The topological polar surface area (TPSA) is 49.7 Å². The Labute approximate surface area is 114 Å². The Morgan fingerprint density at radius 2 is 2.00 bits per heavy atom. The van der Waals surface area contributed by atoms with Gasteiger partial charge in [0.15, 0.2) is 0 Å². The van der Waals surface area contributed by atoms with Gasteiger partial charge in [-0.3, -0.25) is 9.59 Å². The molecule has 1 aliphatic rings. The Bertz CT molecular complexity index is 571. The number of carbonyl (C=O) groups excluding carboxylic acids is 2. The molecule has 2 rings (SSSR count). The van der Waals surface area contributed by atoms with E-state index in [1.807, 2.05) is 0 Å². The van der Waals surface area contributed by atoms with Crippen molar-refractivity contribution >= 4 is 40.6 Å². The maximum Gasteiger partial charge on any atom is 0.277 e. The zero-order valence-electron chi connectivity index (χ0n) is 9.78. The number of hydrogen-bond acceptors (Lipinski definition) is 3. The molecule has 6 heteroatoms. The smallest absolute Gasteiger partial charge is 0.277 e. The molecule has 94 valence electrons. The summed E-state index contributed by atoms with van der Waals surface area (Å²) in [6.45, 7) is 1.54. The number of ketones is 1. The molecule has 0 saturated heterocycles. The standard InChI is InChI=1S/C12H10Cl2N2O2/c1-7-12(14,11(18)16(2)15-7)10(17)8-5-3-4-6-9(8)13/h3-6H,1-2H3. The Balaban J connectivity index is 2.50. The predicted octanol–water partition coefficient (Wildman–Crippen LogP) is 2.35. The molecule has 18 heavy (non-hydrogen) atoms. The number of halogens is 2. The molecule has 1 atom stereocenters. The van der Waals surface area contributed by atoms with Crippen molar-refractivity contribution in [2.24, 2.45) is 5.10 Å². The van der Waals surface area contributed by atoms with Crippen LogP contribution in [0.3, 0.4) is 0 Å². The highest BCUT2D eigenvalue weighted by Gasteiger charge is 2.53. The van der Waals surface area contributed by atoms with E-state index in [1.165, 1.54) is 13.1 Å². The van der Waals surface area contributed by atoms with E-state index < -0.39 is 16.6 Å². The van der Waals surface area contributed by atoms with Gasteiger partial charge < -0.3 is 0 Å². The summed E-state index contributed by atoms with van der Waals surface area (Å²) in [5.41, 5.74) is 0.467. The third kappa shape index (κ3) is 1.72. The monoisotopic (exact) mass is 284 g/mol. The molecule has 1 aliphatic heterocycles. The average molecular weight is 285 g/mol. The average Bonchev–Trinajstić information content (AvgIpc) is 2.54. The first kappa shape index (κ1) is 13.1. The molecule has 1 unspecified atom stereocenters. The molecule has 1 aromatic rings. The number of carbonyl (C=O) groups is 2. The van der Waals surface area contributed by atoms with Crippen molar-refractivity contribution in [1.29, 1.82) is 0 Å². The molecule has 0 spiro atoms. The lowest BCUT2D eigenvalue weighted by atomic mass is 9.92. The quantitative estimate of drug-likeness (QED) is 0.476. The fourth-order valence-corrected chi connectivity index (χ4v) is 2.29. The van der Waals surface area contributed by atoms with Crippen molar-refractivity contribution in [3.05, 3.63) is 34.9 Å². The highest BCUT2D eigenvalue weighted by molar-refractivity contribution is 6.61. The van der Waals surface area contributed by atoms with Crippen LogP contribution in [0.1, 0.15) is 17.3 Å². The third-order valence-electron chi connectivity index (χ3n) is 2.82. The number of alkyl halides is 1. The molecule has 0 bridgehead atoms. The van der Waals surface area contributed by atoms with Gasteiger partial charge >= 0.3 is 0 Å². The summed E-state index contributed by atoms with van der Waals surface area (Å²) in [6, 6.07) is 6.47. The number of hydrazone groups is 1. The van der Waals surface area contributed by atoms with Gasteiger partial charge in [0.05, 0.1) is 10.7 Å². The molecule has 0 aliphatic carbocycles. The van der Waals surface area contributed by atoms with E-state index in [0.29, 0.717) is 0 Å². The fraction of sp³-hybridized carbons (Fsp3) is 0.250. The van der Waals surface area contributed by atoms with Gasteiger partial charge in [-0.25, -0.2) is 5.01 Å². The minimum absolute atomic E-state index is 0.215. The van der Waals surface area contributed by atoms with Gasteiger partial charge in [0.2, 0.25) is 10.7 Å². The Kier molecular flexibility index (Phi) is 3.17. The zero-order chi connectivity index (χ0) is 13.5. The normalized spacial score (nSPS) is 23.2. The van der Waals surface area contributed by atoms with Crippen molar-refractivity contribution in [2.75, 3.05) is 7.05 Å². The summed E-state index contributed by atoms with van der Waals surface area (Å²) < 4.78 is 0. The number of Topliss-reactive ketones (excluding diaryl/α,β-unsaturated/α-hetero) is 1. The SMILES string of the molecule is CC1=NN(C)C(=O)C1(Cl)C(=O)c1ccccc1Cl. The van der Waals surface area contributed by atoms with E-state index in [0.717, 1.165) is 5.01 Å². The molecule has 1 amide bonds. The van der Waals surface area contributed by atoms with Crippen LogP contribution in [-0.2, 0) is 4.79 Å².